The lowest BCUT2D eigenvalue weighted by Crippen LogP contribution is -2.12. The van der Waals surface area contributed by atoms with E-state index in [0.717, 1.165) is 12.1 Å². The molecule has 16 heavy (non-hydrogen) atoms. The van der Waals surface area contributed by atoms with Gasteiger partial charge in [0.25, 0.3) is 6.43 Å². The Morgan fingerprint density at radius 1 is 1.25 bits per heavy atom. The van der Waals surface area contributed by atoms with Crippen LogP contribution in [-0.4, -0.2) is 13.0 Å². The Balaban J connectivity index is 2.91. The van der Waals surface area contributed by atoms with Gasteiger partial charge in [0.2, 0.25) is 0 Å². The van der Waals surface area contributed by atoms with E-state index in [-0.39, 0.29) is 10.7 Å². The molecule has 0 amide bonds. The predicted octanol–water partition coefficient (Wildman–Crippen LogP) is 4.04. The molecule has 1 N–H and O–H groups in total. The van der Waals surface area contributed by atoms with Gasteiger partial charge >= 0.3 is 6.18 Å². The van der Waals surface area contributed by atoms with E-state index < -0.39 is 24.7 Å². The summed E-state index contributed by atoms with van der Waals surface area (Å²) in [6, 6.07) is 2.50. The van der Waals surface area contributed by atoms with Gasteiger partial charge in [-0.25, -0.2) is 8.78 Å². The summed E-state index contributed by atoms with van der Waals surface area (Å²) in [6.45, 7) is -0.749. The summed E-state index contributed by atoms with van der Waals surface area (Å²) < 4.78 is 60.6. The molecular formula is C9H7ClF5N. The summed E-state index contributed by atoms with van der Waals surface area (Å²) in [5, 5.41) is 2.11. The van der Waals surface area contributed by atoms with Gasteiger partial charge in [0.05, 0.1) is 22.8 Å². The third-order valence-corrected chi connectivity index (χ3v) is 2.07. The maximum absolute atomic E-state index is 12.3. The minimum atomic E-state index is -4.52. The Bertz CT molecular complexity index is 363. The molecule has 1 aromatic carbocycles. The molecule has 0 bridgehead atoms. The Hall–Kier alpha value is -1.04. The topological polar surface area (TPSA) is 12.0 Å². The van der Waals surface area contributed by atoms with E-state index >= 15 is 0 Å². The predicted molar refractivity (Wildman–Crippen MR) is 50.9 cm³/mol. The van der Waals surface area contributed by atoms with E-state index in [1.165, 1.54) is 0 Å². The lowest BCUT2D eigenvalue weighted by molar-refractivity contribution is -0.137. The molecule has 0 heterocycles. The van der Waals surface area contributed by atoms with Crippen molar-refractivity contribution in [3.8, 4) is 0 Å². The van der Waals surface area contributed by atoms with Crippen LogP contribution in [0.3, 0.4) is 0 Å². The van der Waals surface area contributed by atoms with Crippen molar-refractivity contribution in [1.82, 2.24) is 0 Å². The van der Waals surface area contributed by atoms with Gasteiger partial charge in [-0.05, 0) is 18.2 Å². The van der Waals surface area contributed by atoms with E-state index in [4.69, 9.17) is 11.6 Å². The van der Waals surface area contributed by atoms with Crippen LogP contribution in [-0.2, 0) is 6.18 Å². The molecule has 0 aromatic heterocycles. The second kappa shape index (κ2) is 4.86. The fourth-order valence-corrected chi connectivity index (χ4v) is 1.21. The molecule has 7 heteroatoms. The molecule has 0 aliphatic carbocycles. The molecule has 1 aromatic rings. The molecule has 0 atom stereocenters. The summed E-state index contributed by atoms with van der Waals surface area (Å²) in [5.41, 5.74) is -1.09. The van der Waals surface area contributed by atoms with Crippen LogP contribution in [0.5, 0.6) is 0 Å². The Morgan fingerprint density at radius 2 is 1.88 bits per heavy atom. The highest BCUT2D eigenvalue weighted by molar-refractivity contribution is 6.33. The largest absolute Gasteiger partial charge is 0.416 e. The van der Waals surface area contributed by atoms with E-state index in [1.807, 2.05) is 0 Å². The molecule has 0 unspecified atom stereocenters. The molecule has 0 saturated carbocycles. The molecular weight excluding hydrogens is 253 g/mol. The Kier molecular flexibility index (Phi) is 3.96. The molecule has 0 fully saturated rings. The standard InChI is InChI=1S/C9H7ClF5N/c10-6-2-1-5(9(13,14)15)3-7(6)16-4-8(11)12/h1-3,8,16H,4H2. The number of rotatable bonds is 3. The van der Waals surface area contributed by atoms with E-state index in [1.54, 1.807) is 0 Å². The molecule has 0 radical (unpaired) electrons. The number of alkyl halides is 5. The maximum Gasteiger partial charge on any atom is 0.416 e. The molecule has 0 saturated heterocycles. The van der Waals surface area contributed by atoms with E-state index in [2.05, 4.69) is 5.32 Å². The van der Waals surface area contributed by atoms with Crippen LogP contribution in [0.4, 0.5) is 27.6 Å². The SMILES string of the molecule is FC(F)CNc1cc(C(F)(F)F)ccc1Cl. The summed E-state index contributed by atoms with van der Waals surface area (Å²) in [6.07, 6.45) is -7.18. The summed E-state index contributed by atoms with van der Waals surface area (Å²) in [7, 11) is 0. The number of nitrogens with one attached hydrogen (secondary N) is 1. The van der Waals surface area contributed by atoms with Crippen LogP contribution in [0.2, 0.25) is 5.02 Å². The summed E-state index contributed by atoms with van der Waals surface area (Å²) in [4.78, 5) is 0. The zero-order chi connectivity index (χ0) is 12.3. The smallest absolute Gasteiger partial charge is 0.378 e. The quantitative estimate of drug-likeness (QED) is 0.808. The summed E-state index contributed by atoms with van der Waals surface area (Å²) >= 11 is 5.56. The van der Waals surface area contributed by atoms with Crippen LogP contribution < -0.4 is 5.32 Å². The molecule has 90 valence electrons. The lowest BCUT2D eigenvalue weighted by atomic mass is 10.2. The van der Waals surface area contributed by atoms with Crippen LogP contribution in [0, 0.1) is 0 Å². The Labute approximate surface area is 93.2 Å². The van der Waals surface area contributed by atoms with Gasteiger partial charge in [-0.1, -0.05) is 11.6 Å². The molecule has 0 aliphatic heterocycles. The van der Waals surface area contributed by atoms with Crippen molar-refractivity contribution < 1.29 is 22.0 Å². The first-order valence-electron chi connectivity index (χ1n) is 4.19. The Morgan fingerprint density at radius 3 is 2.38 bits per heavy atom. The average Bonchev–Trinajstić information content (AvgIpc) is 2.14. The van der Waals surface area contributed by atoms with Gasteiger partial charge in [0.1, 0.15) is 0 Å². The van der Waals surface area contributed by atoms with Crippen molar-refractivity contribution in [2.45, 2.75) is 12.6 Å². The molecule has 1 rings (SSSR count). The minimum Gasteiger partial charge on any atom is -0.378 e. The molecule has 0 aliphatic rings. The first kappa shape index (κ1) is 13.0. The van der Waals surface area contributed by atoms with Gasteiger partial charge < -0.3 is 5.32 Å². The highest BCUT2D eigenvalue weighted by atomic mass is 35.5. The van der Waals surface area contributed by atoms with Crippen molar-refractivity contribution in [3.63, 3.8) is 0 Å². The third-order valence-electron chi connectivity index (χ3n) is 1.74. The van der Waals surface area contributed by atoms with Crippen molar-refractivity contribution in [2.75, 3.05) is 11.9 Å². The van der Waals surface area contributed by atoms with Crippen LogP contribution >= 0.6 is 11.6 Å². The fourth-order valence-electron chi connectivity index (χ4n) is 1.02. The van der Waals surface area contributed by atoms with Gasteiger partial charge in [0.15, 0.2) is 0 Å². The normalized spacial score (nSPS) is 11.9. The number of halogens is 6. The zero-order valence-electron chi connectivity index (χ0n) is 7.78. The lowest BCUT2D eigenvalue weighted by Gasteiger charge is -2.11. The monoisotopic (exact) mass is 259 g/mol. The van der Waals surface area contributed by atoms with Crippen molar-refractivity contribution >= 4 is 17.3 Å². The zero-order valence-corrected chi connectivity index (χ0v) is 8.54. The second-order valence-corrected chi connectivity index (χ2v) is 3.37. The van der Waals surface area contributed by atoms with Crippen LogP contribution in [0.25, 0.3) is 0 Å². The van der Waals surface area contributed by atoms with Gasteiger partial charge in [-0.2, -0.15) is 13.2 Å². The van der Waals surface area contributed by atoms with Crippen LogP contribution in [0.15, 0.2) is 18.2 Å². The molecule has 1 nitrogen and oxygen atoms in total. The fraction of sp³-hybridized carbons (Fsp3) is 0.333. The van der Waals surface area contributed by atoms with Crippen molar-refractivity contribution in [3.05, 3.63) is 28.8 Å². The third kappa shape index (κ3) is 3.52. The molecule has 0 spiro atoms. The van der Waals surface area contributed by atoms with Crippen molar-refractivity contribution in [1.29, 1.82) is 0 Å². The number of hydrogen-bond acceptors (Lipinski definition) is 1. The highest BCUT2D eigenvalue weighted by Gasteiger charge is 2.30. The van der Waals surface area contributed by atoms with Gasteiger partial charge in [-0.3, -0.25) is 0 Å². The minimum absolute atomic E-state index is 0.0337. The number of benzene rings is 1. The maximum atomic E-state index is 12.3. The summed E-state index contributed by atoms with van der Waals surface area (Å²) in [5.74, 6) is 0. The van der Waals surface area contributed by atoms with E-state index in [9.17, 15) is 22.0 Å². The van der Waals surface area contributed by atoms with Gasteiger partial charge in [-0.15, -0.1) is 0 Å². The number of hydrogen-bond donors (Lipinski definition) is 1. The van der Waals surface area contributed by atoms with Crippen LogP contribution in [0.1, 0.15) is 5.56 Å². The first-order chi connectivity index (χ1) is 7.30. The van der Waals surface area contributed by atoms with Gasteiger partial charge in [0, 0.05) is 0 Å². The highest BCUT2D eigenvalue weighted by Crippen LogP contribution is 2.33. The average molecular weight is 260 g/mol. The second-order valence-electron chi connectivity index (χ2n) is 2.96. The first-order valence-corrected chi connectivity index (χ1v) is 4.57. The van der Waals surface area contributed by atoms with E-state index in [0.29, 0.717) is 6.07 Å². The number of anilines is 1. The van der Waals surface area contributed by atoms with Crippen molar-refractivity contribution in [2.24, 2.45) is 0 Å².